The van der Waals surface area contributed by atoms with Gasteiger partial charge in [-0.05, 0) is 76.5 Å². The number of carbonyl (C=O) groups excluding carboxylic acids is 3. The molecule has 4 heterocycles. The van der Waals surface area contributed by atoms with E-state index in [0.717, 1.165) is 66.6 Å². The van der Waals surface area contributed by atoms with Gasteiger partial charge in [-0.25, -0.2) is 4.79 Å². The van der Waals surface area contributed by atoms with Crippen LogP contribution in [-0.2, 0) is 34.4 Å². The van der Waals surface area contributed by atoms with Gasteiger partial charge in [0.1, 0.15) is 0 Å². The number of unbranched alkanes of at least 4 members (excludes halogenated alkanes) is 2. The number of amides is 4. The summed E-state index contributed by atoms with van der Waals surface area (Å²) >= 11 is 0. The molecule has 4 amide bonds. The van der Waals surface area contributed by atoms with E-state index in [1.807, 2.05) is 56.9 Å². The zero-order valence-electron chi connectivity index (χ0n) is 31.9. The Balaban J connectivity index is 1.49. The quantitative estimate of drug-likeness (QED) is 0.180. The van der Waals surface area contributed by atoms with Crippen LogP contribution in [0, 0.1) is 5.92 Å². The summed E-state index contributed by atoms with van der Waals surface area (Å²) in [5.41, 5.74) is 3.58. The van der Waals surface area contributed by atoms with Gasteiger partial charge in [-0.2, -0.15) is 0 Å². The average Bonchev–Trinajstić information content (AvgIpc) is 3.55. The number of hydrogen-bond donors (Lipinski definition) is 4. The fourth-order valence-corrected chi connectivity index (χ4v) is 6.96. The van der Waals surface area contributed by atoms with Crippen molar-refractivity contribution in [3.8, 4) is 0 Å². The largest absolute Gasteiger partial charge is 0.362 e. The van der Waals surface area contributed by atoms with E-state index in [4.69, 9.17) is 10.2 Å². The van der Waals surface area contributed by atoms with Crippen LogP contribution < -0.4 is 26.4 Å². The first kappa shape index (κ1) is 36.6. The van der Waals surface area contributed by atoms with E-state index in [1.165, 1.54) is 5.12 Å². The first-order valence-corrected chi connectivity index (χ1v) is 18.6. The number of benzene rings is 1. The van der Waals surface area contributed by atoms with Gasteiger partial charge in [0.05, 0.1) is 22.5 Å². The van der Waals surface area contributed by atoms with Crippen molar-refractivity contribution in [1.29, 1.82) is 0 Å². The van der Waals surface area contributed by atoms with E-state index in [0.29, 0.717) is 43.4 Å². The minimum atomic E-state index is -0.608. The molecule has 6 rings (SSSR count). The van der Waals surface area contributed by atoms with Crippen LogP contribution in [-0.4, -0.2) is 55.6 Å². The summed E-state index contributed by atoms with van der Waals surface area (Å²) in [5, 5.41) is 24.8. The molecule has 0 unspecified atom stereocenters. The van der Waals surface area contributed by atoms with Crippen molar-refractivity contribution in [3.63, 3.8) is 0 Å². The molecule has 1 fully saturated rings. The summed E-state index contributed by atoms with van der Waals surface area (Å²) in [7, 11) is 0. The molecule has 0 spiro atoms. The first-order valence-electron chi connectivity index (χ1n) is 18.6. The van der Waals surface area contributed by atoms with Gasteiger partial charge in [0.25, 0.3) is 5.91 Å². The Kier molecular flexibility index (Phi) is 9.83. The van der Waals surface area contributed by atoms with Gasteiger partial charge < -0.3 is 26.2 Å². The van der Waals surface area contributed by atoms with E-state index in [-0.39, 0.29) is 29.2 Å². The Morgan fingerprint density at radius 3 is 1.76 bits per heavy atom. The lowest BCUT2D eigenvalue weighted by Gasteiger charge is -2.34. The highest BCUT2D eigenvalue weighted by Crippen LogP contribution is 2.39. The number of fused-ring (bicyclic) bond motifs is 2. The van der Waals surface area contributed by atoms with Crippen molar-refractivity contribution in [2.24, 2.45) is 5.92 Å². The Morgan fingerprint density at radius 1 is 0.824 bits per heavy atom. The van der Waals surface area contributed by atoms with Gasteiger partial charge in [0, 0.05) is 48.8 Å². The molecule has 276 valence electrons. The lowest BCUT2D eigenvalue weighted by Crippen LogP contribution is -2.56. The van der Waals surface area contributed by atoms with Crippen molar-refractivity contribution in [1.82, 2.24) is 35.3 Å². The standard InChI is InChI=1S/C38H56N10O3/c1-10-12-20-45(21-13-11-2)35(51)48(46-29-27(22-39-37(29,6)7)31(43-46)41-33(49)24-14-15-24)47-30-28(23-40-38(30,8)9)32(44-47)42-34(50)25-16-18-26(19-17-25)36(3,4)5/h16-19,24,39-40H,10-15,20-23H2,1-9H3,(H,41,43,49)(H,42,44,50). The van der Waals surface area contributed by atoms with Crippen LogP contribution in [0.4, 0.5) is 16.4 Å². The molecule has 3 aromatic rings. The number of aromatic nitrogens is 4. The van der Waals surface area contributed by atoms with Crippen molar-refractivity contribution in [2.75, 3.05) is 28.8 Å². The maximum absolute atomic E-state index is 15.1. The topological polar surface area (TPSA) is 141 Å². The van der Waals surface area contributed by atoms with Gasteiger partial charge in [-0.3, -0.25) is 9.59 Å². The molecule has 1 saturated carbocycles. The summed E-state index contributed by atoms with van der Waals surface area (Å²) < 4.78 is 0. The van der Waals surface area contributed by atoms with Gasteiger partial charge in [-0.15, -0.1) is 19.8 Å². The van der Waals surface area contributed by atoms with Crippen molar-refractivity contribution in [3.05, 3.63) is 57.9 Å². The van der Waals surface area contributed by atoms with E-state index in [2.05, 4.69) is 55.9 Å². The highest BCUT2D eigenvalue weighted by molar-refractivity contribution is 6.04. The maximum atomic E-state index is 15.1. The Hall–Kier alpha value is -4.23. The summed E-state index contributed by atoms with van der Waals surface area (Å²) in [6.45, 7) is 20.9. The Labute approximate surface area is 301 Å². The van der Waals surface area contributed by atoms with E-state index >= 15 is 4.79 Å². The highest BCUT2D eigenvalue weighted by atomic mass is 16.2. The molecule has 2 aromatic heterocycles. The molecule has 0 atom stereocenters. The molecule has 13 heteroatoms. The van der Waals surface area contributed by atoms with Crippen molar-refractivity contribution in [2.45, 2.75) is 130 Å². The fraction of sp³-hybridized carbons (Fsp3) is 0.605. The SMILES string of the molecule is CCCCN(CCCC)C(=O)N(n1nc(NC(=O)c2ccc(C(C)(C)C)cc2)c2c1C(C)(C)NC2)n1nc(NC(=O)C2CC2)c2c1C(C)(C)NC2. The second-order valence-corrected chi connectivity index (χ2v) is 16.4. The Morgan fingerprint density at radius 2 is 1.31 bits per heavy atom. The van der Waals surface area contributed by atoms with E-state index in [1.54, 1.807) is 9.58 Å². The lowest BCUT2D eigenvalue weighted by molar-refractivity contribution is -0.117. The molecular formula is C38H56N10O3. The van der Waals surface area contributed by atoms with Crippen LogP contribution in [0.2, 0.25) is 0 Å². The molecular weight excluding hydrogens is 644 g/mol. The smallest absolute Gasteiger partial charge is 0.322 e. The third-order valence-electron chi connectivity index (χ3n) is 10.3. The van der Waals surface area contributed by atoms with Gasteiger partial charge >= 0.3 is 6.03 Å². The molecule has 0 radical (unpaired) electrons. The fourth-order valence-electron chi connectivity index (χ4n) is 6.96. The summed E-state index contributed by atoms with van der Waals surface area (Å²) in [6, 6.07) is 7.36. The number of rotatable bonds is 12. The molecule has 1 aliphatic carbocycles. The number of nitrogens with one attached hydrogen (secondary N) is 4. The minimum absolute atomic E-state index is 0.0124. The summed E-state index contributed by atoms with van der Waals surface area (Å²) in [6.07, 6.45) is 5.28. The van der Waals surface area contributed by atoms with E-state index < -0.39 is 11.1 Å². The van der Waals surface area contributed by atoms with Gasteiger partial charge in [-0.1, -0.05) is 64.7 Å². The number of urea groups is 1. The van der Waals surface area contributed by atoms with Crippen LogP contribution >= 0.6 is 0 Å². The summed E-state index contributed by atoms with van der Waals surface area (Å²) in [5.74, 6) is 0.473. The molecule has 51 heavy (non-hydrogen) atoms. The van der Waals surface area contributed by atoms with E-state index in [9.17, 15) is 9.59 Å². The van der Waals surface area contributed by atoms with Crippen molar-refractivity contribution < 1.29 is 14.4 Å². The lowest BCUT2D eigenvalue weighted by atomic mass is 9.87. The van der Waals surface area contributed by atoms with Crippen LogP contribution in [0.25, 0.3) is 0 Å². The van der Waals surface area contributed by atoms with Gasteiger partial charge in [0.2, 0.25) is 5.91 Å². The van der Waals surface area contributed by atoms with Crippen LogP contribution in [0.5, 0.6) is 0 Å². The molecule has 4 N–H and O–H groups in total. The average molecular weight is 701 g/mol. The van der Waals surface area contributed by atoms with Crippen LogP contribution in [0.1, 0.15) is 139 Å². The van der Waals surface area contributed by atoms with Crippen LogP contribution in [0.3, 0.4) is 0 Å². The van der Waals surface area contributed by atoms with Crippen LogP contribution in [0.15, 0.2) is 24.3 Å². The zero-order valence-corrected chi connectivity index (χ0v) is 31.9. The summed E-state index contributed by atoms with van der Waals surface area (Å²) in [4.78, 5) is 47.0. The monoisotopic (exact) mass is 700 g/mol. The number of nitrogens with zero attached hydrogens (tertiary/aromatic N) is 6. The first-order chi connectivity index (χ1) is 24.1. The van der Waals surface area contributed by atoms with Gasteiger partial charge in [0.15, 0.2) is 11.6 Å². The second-order valence-electron chi connectivity index (χ2n) is 16.4. The molecule has 13 nitrogen and oxygen atoms in total. The maximum Gasteiger partial charge on any atom is 0.362 e. The third kappa shape index (κ3) is 7.15. The molecule has 1 aromatic carbocycles. The van der Waals surface area contributed by atoms with Crippen molar-refractivity contribution >= 4 is 29.5 Å². The molecule has 2 aliphatic heterocycles. The normalized spacial score (nSPS) is 17.2. The zero-order chi connectivity index (χ0) is 36.9. The number of anilines is 2. The predicted octanol–water partition coefficient (Wildman–Crippen LogP) is 6.08. The minimum Gasteiger partial charge on any atom is -0.322 e. The predicted molar refractivity (Wildman–Crippen MR) is 199 cm³/mol. The second kappa shape index (κ2) is 13.7. The number of hydrogen-bond acceptors (Lipinski definition) is 7. The Bertz CT molecular complexity index is 1780. The highest BCUT2D eigenvalue weighted by Gasteiger charge is 2.45. The third-order valence-corrected chi connectivity index (χ3v) is 10.3. The molecule has 0 bridgehead atoms. The molecule has 3 aliphatic rings. The number of carbonyl (C=O) groups is 3. The molecule has 0 saturated heterocycles.